The highest BCUT2D eigenvalue weighted by atomic mass is 35.5. The third-order valence-corrected chi connectivity index (χ3v) is 5.20. The van der Waals surface area contributed by atoms with Crippen molar-refractivity contribution in [3.63, 3.8) is 0 Å². The van der Waals surface area contributed by atoms with Crippen molar-refractivity contribution in [2.45, 2.75) is 27.4 Å². The highest BCUT2D eigenvalue weighted by Gasteiger charge is 2.18. The lowest BCUT2D eigenvalue weighted by molar-refractivity contribution is 0.0528. The molecule has 0 aliphatic rings. The van der Waals surface area contributed by atoms with Crippen molar-refractivity contribution in [1.82, 2.24) is 4.98 Å². The molecule has 0 aliphatic carbocycles. The summed E-state index contributed by atoms with van der Waals surface area (Å²) >= 11 is 7.73. The van der Waals surface area contributed by atoms with Crippen LogP contribution in [0.2, 0.25) is 5.15 Å². The summed E-state index contributed by atoms with van der Waals surface area (Å²) in [6, 6.07) is 6.09. The number of esters is 1. The molecule has 0 radical (unpaired) electrons. The largest absolute Gasteiger partial charge is 0.489 e. The fourth-order valence-electron chi connectivity index (χ4n) is 2.54. The summed E-state index contributed by atoms with van der Waals surface area (Å²) in [6.45, 7) is 6.48. The molecule has 0 aliphatic heterocycles. The first-order valence-electron chi connectivity index (χ1n) is 9.56. The van der Waals surface area contributed by atoms with Crippen LogP contribution in [-0.4, -0.2) is 46.0 Å². The number of nitrogens with zero attached hydrogens (tertiary/aromatic N) is 1. The Morgan fingerprint density at radius 2 is 1.77 bits per heavy atom. The minimum atomic E-state index is -0.388. The highest BCUT2D eigenvalue weighted by Crippen LogP contribution is 2.34. The molecule has 1 aromatic carbocycles. The Hall–Kier alpha value is -2.19. The number of methoxy groups -OCH3 is 2. The van der Waals surface area contributed by atoms with E-state index in [-0.39, 0.29) is 5.97 Å². The maximum atomic E-state index is 12.1. The summed E-state index contributed by atoms with van der Waals surface area (Å²) in [5.74, 6) is 0.450. The zero-order valence-corrected chi connectivity index (χ0v) is 20.6. The van der Waals surface area contributed by atoms with Gasteiger partial charge in [-0.1, -0.05) is 23.7 Å². The van der Waals surface area contributed by atoms with Crippen LogP contribution in [0.5, 0.6) is 5.75 Å². The predicted octanol–water partition coefficient (Wildman–Crippen LogP) is 5.85. The Labute approximate surface area is 193 Å². The summed E-state index contributed by atoms with van der Waals surface area (Å²) < 4.78 is 20.3. The number of aryl methyl sites for hydroxylation is 2. The minimum Gasteiger partial charge on any atom is -0.489 e. The zero-order chi connectivity index (χ0) is 23.4. The second kappa shape index (κ2) is 14.0. The first-order chi connectivity index (χ1) is 14.8. The van der Waals surface area contributed by atoms with Gasteiger partial charge in [-0.2, -0.15) is 0 Å². The molecule has 0 unspecified atom stereocenters. The first-order valence-corrected chi connectivity index (χ1v) is 10.8. The fraction of sp³-hybridized carbons (Fsp3) is 0.391. The van der Waals surface area contributed by atoms with Crippen LogP contribution in [0.15, 0.2) is 29.8 Å². The van der Waals surface area contributed by atoms with Crippen molar-refractivity contribution in [1.29, 1.82) is 0 Å². The second-order valence-electron chi connectivity index (χ2n) is 6.52. The predicted molar refractivity (Wildman–Crippen MR) is 127 cm³/mol. The Bertz CT molecular complexity index is 972. The Morgan fingerprint density at radius 3 is 2.39 bits per heavy atom. The molecule has 0 atom stereocenters. The zero-order valence-electron chi connectivity index (χ0n) is 19.1. The number of thiophene rings is 1. The average molecular weight is 468 g/mol. The highest BCUT2D eigenvalue weighted by molar-refractivity contribution is 7.17. The molecule has 0 saturated carbocycles. The molecule has 0 fully saturated rings. The van der Waals surface area contributed by atoms with Crippen LogP contribution in [0.4, 0.5) is 0 Å². The van der Waals surface area contributed by atoms with Crippen molar-refractivity contribution in [2.24, 2.45) is 0 Å². The summed E-state index contributed by atoms with van der Waals surface area (Å²) in [5, 5.41) is 3.07. The van der Waals surface area contributed by atoms with E-state index >= 15 is 0 Å². The van der Waals surface area contributed by atoms with Gasteiger partial charge < -0.3 is 18.9 Å². The number of hydrogen-bond donors (Lipinski definition) is 0. The molecular formula is C23H30ClNO5S. The second-order valence-corrected chi connectivity index (χ2v) is 7.76. The van der Waals surface area contributed by atoms with Gasteiger partial charge in [0.1, 0.15) is 17.5 Å². The lowest BCUT2D eigenvalue weighted by atomic mass is 10.1. The van der Waals surface area contributed by atoms with E-state index in [4.69, 9.17) is 21.1 Å². The number of pyridine rings is 1. The van der Waals surface area contributed by atoms with Gasteiger partial charge >= 0.3 is 5.97 Å². The molecule has 170 valence electrons. The van der Waals surface area contributed by atoms with Crippen molar-refractivity contribution in [3.8, 4) is 5.75 Å². The van der Waals surface area contributed by atoms with Gasteiger partial charge in [0.2, 0.25) is 0 Å². The average Bonchev–Trinajstić information content (AvgIpc) is 3.15. The molecule has 0 saturated heterocycles. The number of fused-ring (bicyclic) bond motifs is 1. The molecule has 2 heterocycles. The maximum absolute atomic E-state index is 12.1. The number of carbonyl (C=O) groups excluding carboxylic acids is 1. The van der Waals surface area contributed by atoms with Crippen LogP contribution in [-0.2, 0) is 20.8 Å². The summed E-state index contributed by atoms with van der Waals surface area (Å²) in [4.78, 5) is 16.3. The van der Waals surface area contributed by atoms with E-state index in [0.29, 0.717) is 23.9 Å². The molecular weight excluding hydrogens is 438 g/mol. The summed E-state index contributed by atoms with van der Waals surface area (Å²) in [6.07, 6.45) is 1.47. The van der Waals surface area contributed by atoms with Gasteiger partial charge in [-0.3, -0.25) is 0 Å². The number of ether oxygens (including phenoxy) is 4. The molecule has 8 heteroatoms. The van der Waals surface area contributed by atoms with Gasteiger partial charge in [0.15, 0.2) is 0 Å². The third-order valence-electron chi connectivity index (χ3n) is 3.85. The van der Waals surface area contributed by atoms with Crippen LogP contribution in [0, 0.1) is 13.8 Å². The van der Waals surface area contributed by atoms with Gasteiger partial charge in [-0.05, 0) is 43.3 Å². The molecule has 0 N–H and O–H groups in total. The molecule has 3 rings (SSSR count). The van der Waals surface area contributed by atoms with E-state index in [9.17, 15) is 4.79 Å². The van der Waals surface area contributed by atoms with E-state index in [2.05, 4.69) is 20.5 Å². The number of halogens is 1. The SMILES string of the molecule is CCOC(=O)c1cnc(Cl)c2c(COc3cc(C)ccc3C)csc12.COC.COC. The van der Waals surface area contributed by atoms with Crippen molar-refractivity contribution in [2.75, 3.05) is 35.0 Å². The maximum Gasteiger partial charge on any atom is 0.341 e. The van der Waals surface area contributed by atoms with Gasteiger partial charge in [0.25, 0.3) is 0 Å². The van der Waals surface area contributed by atoms with Gasteiger partial charge in [0.05, 0.1) is 16.9 Å². The number of carbonyl (C=O) groups is 1. The summed E-state index contributed by atoms with van der Waals surface area (Å²) in [5.41, 5.74) is 3.55. The van der Waals surface area contributed by atoms with E-state index in [1.54, 1.807) is 35.4 Å². The van der Waals surface area contributed by atoms with E-state index < -0.39 is 0 Å². The van der Waals surface area contributed by atoms with Crippen molar-refractivity contribution >= 4 is 39.0 Å². The van der Waals surface area contributed by atoms with Crippen molar-refractivity contribution < 1.29 is 23.7 Å². The van der Waals surface area contributed by atoms with E-state index in [1.807, 2.05) is 31.4 Å². The minimum absolute atomic E-state index is 0.316. The first kappa shape index (κ1) is 26.8. The molecule has 6 nitrogen and oxygen atoms in total. The third kappa shape index (κ3) is 7.78. The standard InChI is InChI=1S/C19H18ClNO3S.2C2H6O/c1-4-23-19(22)14-8-21-18(20)16-13(10-25-17(14)16)9-24-15-7-11(2)5-6-12(15)3;2*1-3-2/h5-8,10H,4,9H2,1-3H3;2*1-2H3. The molecule has 2 aromatic heterocycles. The monoisotopic (exact) mass is 467 g/mol. The number of aromatic nitrogens is 1. The lowest BCUT2D eigenvalue weighted by Crippen LogP contribution is -2.05. The number of hydrogen-bond acceptors (Lipinski definition) is 7. The van der Waals surface area contributed by atoms with Gasteiger partial charge in [-0.25, -0.2) is 9.78 Å². The number of rotatable bonds is 5. The van der Waals surface area contributed by atoms with Gasteiger partial charge in [-0.15, -0.1) is 11.3 Å². The lowest BCUT2D eigenvalue weighted by Gasteiger charge is -2.10. The van der Waals surface area contributed by atoms with Crippen LogP contribution < -0.4 is 4.74 Å². The summed E-state index contributed by atoms with van der Waals surface area (Å²) in [7, 11) is 6.50. The Balaban J connectivity index is 0.000000720. The number of benzene rings is 1. The van der Waals surface area contributed by atoms with E-state index in [0.717, 1.165) is 32.5 Å². The Morgan fingerprint density at radius 1 is 1.13 bits per heavy atom. The molecule has 3 aromatic rings. The van der Waals surface area contributed by atoms with Crippen LogP contribution >= 0.6 is 22.9 Å². The molecule has 0 spiro atoms. The molecule has 0 amide bonds. The molecule has 0 bridgehead atoms. The van der Waals surface area contributed by atoms with Crippen molar-refractivity contribution in [3.05, 3.63) is 57.2 Å². The smallest absolute Gasteiger partial charge is 0.341 e. The van der Waals surface area contributed by atoms with Crippen LogP contribution in [0.25, 0.3) is 10.1 Å². The fourth-order valence-corrected chi connectivity index (χ4v) is 3.92. The van der Waals surface area contributed by atoms with Gasteiger partial charge in [0, 0.05) is 45.6 Å². The van der Waals surface area contributed by atoms with E-state index in [1.165, 1.54) is 17.5 Å². The Kier molecular flexibility index (Phi) is 12.1. The quantitative estimate of drug-likeness (QED) is 0.346. The van der Waals surface area contributed by atoms with Crippen LogP contribution in [0.1, 0.15) is 34.0 Å². The normalized spacial score (nSPS) is 9.94. The molecule has 31 heavy (non-hydrogen) atoms. The van der Waals surface area contributed by atoms with Crippen LogP contribution in [0.3, 0.4) is 0 Å². The topological polar surface area (TPSA) is 66.9 Å².